The van der Waals surface area contributed by atoms with Gasteiger partial charge in [-0.3, -0.25) is 0 Å². The van der Waals surface area contributed by atoms with E-state index in [0.717, 1.165) is 50.3 Å². The Morgan fingerprint density at radius 1 is 0.564 bits per heavy atom. The van der Waals surface area contributed by atoms with Crippen molar-refractivity contribution in [1.82, 2.24) is 10.3 Å². The summed E-state index contributed by atoms with van der Waals surface area (Å²) in [5.41, 5.74) is 7.87. The van der Waals surface area contributed by atoms with E-state index >= 15 is 0 Å². The fourth-order valence-electron chi connectivity index (χ4n) is 4.76. The van der Waals surface area contributed by atoms with E-state index in [-0.39, 0.29) is 6.17 Å². The lowest BCUT2D eigenvalue weighted by Crippen LogP contribution is -2.33. The first-order valence-corrected chi connectivity index (χ1v) is 12.9. The second-order valence-electron chi connectivity index (χ2n) is 9.38. The van der Waals surface area contributed by atoms with Gasteiger partial charge in [0.25, 0.3) is 0 Å². The Balaban J connectivity index is 1.20. The predicted molar refractivity (Wildman–Crippen MR) is 157 cm³/mol. The van der Waals surface area contributed by atoms with E-state index in [9.17, 15) is 0 Å². The molecule has 186 valence electrons. The second-order valence-corrected chi connectivity index (χ2v) is 9.38. The largest absolute Gasteiger partial charge is 0.436 e. The first-order valence-electron chi connectivity index (χ1n) is 12.9. The first-order chi connectivity index (χ1) is 19.3. The quantitative estimate of drug-likeness (QED) is 0.262. The van der Waals surface area contributed by atoms with Crippen LogP contribution in [0.15, 0.2) is 148 Å². The Labute approximate surface area is 226 Å². The van der Waals surface area contributed by atoms with E-state index in [4.69, 9.17) is 14.4 Å². The zero-order valence-corrected chi connectivity index (χ0v) is 21.0. The van der Waals surface area contributed by atoms with Crippen LogP contribution in [0.4, 0.5) is 0 Å². The van der Waals surface area contributed by atoms with Crippen molar-refractivity contribution in [2.24, 2.45) is 9.98 Å². The van der Waals surface area contributed by atoms with E-state index in [1.807, 2.05) is 84.9 Å². The first kappa shape index (κ1) is 22.9. The molecule has 6 aromatic rings. The van der Waals surface area contributed by atoms with Crippen molar-refractivity contribution in [3.63, 3.8) is 0 Å². The molecule has 1 N–H and O–H groups in total. The average Bonchev–Trinajstić information content (AvgIpc) is 3.47. The van der Waals surface area contributed by atoms with Crippen LogP contribution in [0.5, 0.6) is 0 Å². The predicted octanol–water partition coefficient (Wildman–Crippen LogP) is 7.66. The molecule has 1 unspecified atom stereocenters. The molecule has 0 aliphatic carbocycles. The summed E-state index contributed by atoms with van der Waals surface area (Å²) in [4.78, 5) is 14.5. The summed E-state index contributed by atoms with van der Waals surface area (Å²) in [5, 5.41) is 3.53. The molecule has 0 spiro atoms. The lowest BCUT2D eigenvalue weighted by molar-refractivity contribution is 0.620. The zero-order valence-electron chi connectivity index (χ0n) is 21.0. The Bertz CT molecular complexity index is 1790. The number of hydrogen-bond acceptors (Lipinski definition) is 5. The summed E-state index contributed by atoms with van der Waals surface area (Å²) in [6, 6.07) is 44.9. The molecule has 5 aromatic carbocycles. The van der Waals surface area contributed by atoms with Gasteiger partial charge in [-0.05, 0) is 41.0 Å². The van der Waals surface area contributed by atoms with Crippen molar-refractivity contribution in [2.75, 3.05) is 0 Å². The third-order valence-electron chi connectivity index (χ3n) is 6.78. The van der Waals surface area contributed by atoms with Crippen molar-refractivity contribution in [2.45, 2.75) is 6.17 Å². The van der Waals surface area contributed by atoms with Crippen LogP contribution in [-0.2, 0) is 0 Å². The number of fused-ring (bicyclic) bond motifs is 1. The van der Waals surface area contributed by atoms with Crippen molar-refractivity contribution in [3.05, 3.63) is 150 Å². The number of rotatable bonds is 5. The third kappa shape index (κ3) is 4.62. The summed E-state index contributed by atoms with van der Waals surface area (Å²) in [7, 11) is 0. The molecule has 5 heteroatoms. The second kappa shape index (κ2) is 9.88. The third-order valence-corrected chi connectivity index (χ3v) is 6.78. The number of hydrogen-bond donors (Lipinski definition) is 1. The molecule has 0 fully saturated rings. The van der Waals surface area contributed by atoms with Gasteiger partial charge in [0.05, 0.1) is 0 Å². The van der Waals surface area contributed by atoms with E-state index in [1.54, 1.807) is 0 Å². The molecular formula is C34H24N4O. The number of nitrogens with zero attached hydrogens (tertiary/aromatic N) is 3. The average molecular weight is 505 g/mol. The maximum atomic E-state index is 5.99. The highest BCUT2D eigenvalue weighted by molar-refractivity contribution is 6.13. The topological polar surface area (TPSA) is 62.8 Å². The Hall–Kier alpha value is -5.29. The van der Waals surface area contributed by atoms with Gasteiger partial charge in [0.2, 0.25) is 5.89 Å². The van der Waals surface area contributed by atoms with Crippen LogP contribution >= 0.6 is 0 Å². The van der Waals surface area contributed by atoms with E-state index < -0.39 is 0 Å². The Morgan fingerprint density at radius 2 is 1.23 bits per heavy atom. The molecule has 0 saturated heterocycles. The van der Waals surface area contributed by atoms with Crippen LogP contribution in [0.2, 0.25) is 0 Å². The van der Waals surface area contributed by atoms with Gasteiger partial charge < -0.3 is 9.73 Å². The normalized spacial score (nSPS) is 14.9. The minimum atomic E-state index is -0.256. The lowest BCUT2D eigenvalue weighted by Gasteiger charge is -2.23. The molecule has 1 aliphatic rings. The van der Waals surface area contributed by atoms with Crippen LogP contribution in [0.25, 0.3) is 33.7 Å². The molecule has 1 aliphatic heterocycles. The van der Waals surface area contributed by atoms with Gasteiger partial charge >= 0.3 is 0 Å². The van der Waals surface area contributed by atoms with E-state index in [2.05, 4.69) is 58.8 Å². The van der Waals surface area contributed by atoms with Gasteiger partial charge in [0.1, 0.15) is 17.5 Å². The van der Waals surface area contributed by atoms with Crippen molar-refractivity contribution < 1.29 is 4.42 Å². The molecule has 2 heterocycles. The molecule has 1 aromatic heterocycles. The monoisotopic (exact) mass is 504 g/mol. The van der Waals surface area contributed by atoms with E-state index in [1.165, 1.54) is 0 Å². The number of aromatic nitrogens is 1. The molecule has 1 atom stereocenters. The van der Waals surface area contributed by atoms with Crippen LogP contribution in [0.3, 0.4) is 0 Å². The number of para-hydroxylation sites is 2. The molecule has 7 rings (SSSR count). The number of nitrogens with one attached hydrogen (secondary N) is 1. The highest BCUT2D eigenvalue weighted by atomic mass is 16.3. The molecule has 0 saturated carbocycles. The lowest BCUT2D eigenvalue weighted by atomic mass is 10.0. The minimum Gasteiger partial charge on any atom is -0.436 e. The van der Waals surface area contributed by atoms with Crippen molar-refractivity contribution in [3.8, 4) is 22.6 Å². The Morgan fingerprint density at radius 3 is 2.00 bits per heavy atom. The molecule has 0 bridgehead atoms. The maximum Gasteiger partial charge on any atom is 0.227 e. The summed E-state index contributed by atoms with van der Waals surface area (Å²) in [5.74, 6) is 2.15. The SMILES string of the molecule is c1ccc(C2=NC(c3ccc(-c4cccc(-c5nc6ccccc6o5)c4)cc3)NC(c3ccccc3)=N2)cc1. The number of aliphatic imine (C=N–C) groups is 2. The van der Waals surface area contributed by atoms with Gasteiger partial charge in [0, 0.05) is 16.7 Å². The zero-order chi connectivity index (χ0) is 26.0. The molecule has 39 heavy (non-hydrogen) atoms. The highest BCUT2D eigenvalue weighted by Gasteiger charge is 2.21. The number of oxazole rings is 1. The highest BCUT2D eigenvalue weighted by Crippen LogP contribution is 2.30. The van der Waals surface area contributed by atoms with Gasteiger partial charge in [-0.25, -0.2) is 15.0 Å². The minimum absolute atomic E-state index is 0.256. The van der Waals surface area contributed by atoms with Gasteiger partial charge in [-0.15, -0.1) is 0 Å². The molecule has 0 amide bonds. The smallest absolute Gasteiger partial charge is 0.227 e. The summed E-state index contributed by atoms with van der Waals surface area (Å²) in [6.45, 7) is 0. The summed E-state index contributed by atoms with van der Waals surface area (Å²) >= 11 is 0. The van der Waals surface area contributed by atoms with Crippen LogP contribution in [-0.4, -0.2) is 16.7 Å². The van der Waals surface area contributed by atoms with Gasteiger partial charge in [0.15, 0.2) is 11.4 Å². The summed E-state index contributed by atoms with van der Waals surface area (Å²) in [6.07, 6.45) is -0.256. The van der Waals surface area contributed by atoms with E-state index in [0.29, 0.717) is 11.7 Å². The van der Waals surface area contributed by atoms with Gasteiger partial charge in [-0.2, -0.15) is 0 Å². The van der Waals surface area contributed by atoms with Crippen molar-refractivity contribution >= 4 is 22.8 Å². The van der Waals surface area contributed by atoms with Crippen LogP contribution in [0.1, 0.15) is 22.9 Å². The Kier molecular flexibility index (Phi) is 5.79. The summed E-state index contributed by atoms with van der Waals surface area (Å²) < 4.78 is 5.99. The standard InChI is InChI=1S/C34H24N4O/c1-3-10-24(11-4-1)31-36-32(25-12-5-2-6-13-25)38-33(37-31)26-20-18-23(19-21-26)27-14-9-15-28(22-27)34-35-29-16-7-8-17-30(29)39-34/h1-22,33H,(H,36,37,38). The van der Waals surface area contributed by atoms with Crippen LogP contribution in [0, 0.1) is 0 Å². The molecular weight excluding hydrogens is 480 g/mol. The maximum absolute atomic E-state index is 5.99. The number of amidine groups is 2. The van der Waals surface area contributed by atoms with Crippen LogP contribution < -0.4 is 5.32 Å². The molecule has 0 radical (unpaired) electrons. The number of benzene rings is 5. The fourth-order valence-corrected chi connectivity index (χ4v) is 4.76. The van der Waals surface area contributed by atoms with Crippen molar-refractivity contribution in [1.29, 1.82) is 0 Å². The fraction of sp³-hybridized carbons (Fsp3) is 0.0294. The molecule has 5 nitrogen and oxygen atoms in total. The van der Waals surface area contributed by atoms with Gasteiger partial charge in [-0.1, -0.05) is 109 Å².